The van der Waals surface area contributed by atoms with Crippen molar-refractivity contribution in [3.63, 3.8) is 0 Å². The summed E-state index contributed by atoms with van der Waals surface area (Å²) in [6, 6.07) is 28.8. The molecule has 242 valence electrons. The molecule has 4 aromatic rings. The molecular weight excluding hydrogens is 622 g/mol. The van der Waals surface area contributed by atoms with Gasteiger partial charge in [0.1, 0.15) is 18.3 Å². The number of benzene rings is 4. The Bertz CT molecular complexity index is 1720. The number of sulfonamides is 1. The SMILES string of the molecule is COc1ccc(N(CC(=O)N(Cc2ccccc2)[C@@H](Cc2ccccc2)C(=O)NCC(C)C)S(=O)(=O)c2ccc(C)cc2)cc1Cl. The fraction of sp³-hybridized carbons (Fsp3) is 0.278. The van der Waals surface area contributed by atoms with Gasteiger partial charge in [-0.1, -0.05) is 104 Å². The number of anilines is 1. The Hall–Kier alpha value is -4.34. The second-order valence-electron chi connectivity index (χ2n) is 11.5. The Balaban J connectivity index is 1.81. The molecule has 8 nitrogen and oxygen atoms in total. The van der Waals surface area contributed by atoms with Crippen LogP contribution in [-0.4, -0.2) is 51.4 Å². The van der Waals surface area contributed by atoms with Crippen LogP contribution in [0.5, 0.6) is 5.75 Å². The maximum Gasteiger partial charge on any atom is 0.264 e. The van der Waals surface area contributed by atoms with E-state index in [9.17, 15) is 18.0 Å². The van der Waals surface area contributed by atoms with Crippen molar-refractivity contribution in [2.45, 2.75) is 44.7 Å². The van der Waals surface area contributed by atoms with Crippen LogP contribution in [0.1, 0.15) is 30.5 Å². The van der Waals surface area contributed by atoms with Gasteiger partial charge in [0.25, 0.3) is 10.0 Å². The summed E-state index contributed by atoms with van der Waals surface area (Å²) >= 11 is 6.44. The zero-order valence-corrected chi connectivity index (χ0v) is 28.1. The lowest BCUT2D eigenvalue weighted by Crippen LogP contribution is -2.53. The number of nitrogens with one attached hydrogen (secondary N) is 1. The molecule has 2 amide bonds. The minimum atomic E-state index is -4.25. The molecule has 0 bridgehead atoms. The average molecular weight is 662 g/mol. The fourth-order valence-electron chi connectivity index (χ4n) is 4.93. The van der Waals surface area contributed by atoms with Gasteiger partial charge in [0.15, 0.2) is 0 Å². The van der Waals surface area contributed by atoms with Gasteiger partial charge in [0.2, 0.25) is 11.8 Å². The minimum Gasteiger partial charge on any atom is -0.495 e. The standard InChI is InChI=1S/C36H40ClN3O5S/c1-26(2)23-38-36(42)33(21-28-11-7-5-8-12-28)39(24-29-13-9-6-10-14-29)35(41)25-40(30-17-20-34(45-4)32(37)22-30)46(43,44)31-18-15-27(3)16-19-31/h5-20,22,26,33H,21,23-25H2,1-4H3,(H,38,42)/t33-/m0/s1. The third-order valence-electron chi connectivity index (χ3n) is 7.46. The lowest BCUT2D eigenvalue weighted by Gasteiger charge is -2.34. The first-order valence-corrected chi connectivity index (χ1v) is 16.9. The summed E-state index contributed by atoms with van der Waals surface area (Å²) in [5, 5.41) is 3.18. The molecule has 4 aromatic carbocycles. The topological polar surface area (TPSA) is 96.0 Å². The quantitative estimate of drug-likeness (QED) is 0.172. The van der Waals surface area contributed by atoms with E-state index in [4.69, 9.17) is 16.3 Å². The van der Waals surface area contributed by atoms with E-state index in [1.807, 2.05) is 81.4 Å². The van der Waals surface area contributed by atoms with Crippen LogP contribution in [0, 0.1) is 12.8 Å². The largest absolute Gasteiger partial charge is 0.495 e. The Morgan fingerprint density at radius 1 is 0.870 bits per heavy atom. The number of amides is 2. The smallest absolute Gasteiger partial charge is 0.264 e. The number of carbonyl (C=O) groups excluding carboxylic acids is 2. The van der Waals surface area contributed by atoms with E-state index in [-0.39, 0.29) is 40.4 Å². The summed E-state index contributed by atoms with van der Waals surface area (Å²) < 4.78 is 34.7. The monoisotopic (exact) mass is 661 g/mol. The summed E-state index contributed by atoms with van der Waals surface area (Å²) in [6.07, 6.45) is 0.239. The first kappa shape index (κ1) is 34.5. The van der Waals surface area contributed by atoms with Crippen molar-refractivity contribution in [1.29, 1.82) is 0 Å². The predicted molar refractivity (Wildman–Crippen MR) is 182 cm³/mol. The third kappa shape index (κ3) is 8.89. The molecule has 46 heavy (non-hydrogen) atoms. The van der Waals surface area contributed by atoms with Gasteiger partial charge in [0, 0.05) is 19.5 Å². The number of ether oxygens (including phenoxy) is 1. The number of aryl methyl sites for hydroxylation is 1. The van der Waals surface area contributed by atoms with Crippen LogP contribution in [0.25, 0.3) is 0 Å². The zero-order chi connectivity index (χ0) is 33.3. The van der Waals surface area contributed by atoms with Crippen LogP contribution in [-0.2, 0) is 32.6 Å². The first-order valence-electron chi connectivity index (χ1n) is 15.1. The van der Waals surface area contributed by atoms with E-state index in [1.54, 1.807) is 24.3 Å². The molecule has 0 unspecified atom stereocenters. The Morgan fingerprint density at radius 3 is 2.04 bits per heavy atom. The number of nitrogens with zero attached hydrogens (tertiary/aromatic N) is 2. The number of carbonyl (C=O) groups is 2. The van der Waals surface area contributed by atoms with Crippen molar-refractivity contribution in [3.05, 3.63) is 125 Å². The molecule has 4 rings (SSSR count). The normalized spacial score (nSPS) is 12.0. The Morgan fingerprint density at radius 2 is 1.48 bits per heavy atom. The second kappa shape index (κ2) is 15.8. The molecular formula is C36H40ClN3O5S. The van der Waals surface area contributed by atoms with Gasteiger partial charge in [-0.3, -0.25) is 13.9 Å². The number of rotatable bonds is 14. The van der Waals surface area contributed by atoms with Crippen molar-refractivity contribution in [2.24, 2.45) is 5.92 Å². The van der Waals surface area contributed by atoms with E-state index in [0.29, 0.717) is 12.3 Å². The van der Waals surface area contributed by atoms with Crippen LogP contribution in [0.15, 0.2) is 108 Å². The molecule has 0 saturated heterocycles. The van der Waals surface area contributed by atoms with Crippen molar-refractivity contribution in [3.8, 4) is 5.75 Å². The maximum absolute atomic E-state index is 14.5. The molecule has 0 fully saturated rings. The molecule has 10 heteroatoms. The Kier molecular flexibility index (Phi) is 11.8. The van der Waals surface area contributed by atoms with Gasteiger partial charge in [-0.25, -0.2) is 8.42 Å². The highest BCUT2D eigenvalue weighted by Crippen LogP contribution is 2.32. The van der Waals surface area contributed by atoms with Crippen LogP contribution < -0.4 is 14.4 Å². The van der Waals surface area contributed by atoms with Gasteiger partial charge in [-0.2, -0.15) is 0 Å². The minimum absolute atomic E-state index is 0.0166. The molecule has 0 aliphatic carbocycles. The second-order valence-corrected chi connectivity index (χ2v) is 13.8. The van der Waals surface area contributed by atoms with Crippen molar-refractivity contribution < 1.29 is 22.7 Å². The average Bonchev–Trinajstić information content (AvgIpc) is 3.05. The summed E-state index contributed by atoms with van der Waals surface area (Å²) in [5.74, 6) is -0.316. The van der Waals surface area contributed by atoms with Gasteiger partial charge in [-0.15, -0.1) is 0 Å². The molecule has 0 radical (unpaired) electrons. The lowest BCUT2D eigenvalue weighted by atomic mass is 10.0. The molecule has 0 aromatic heterocycles. The summed E-state index contributed by atoms with van der Waals surface area (Å²) in [6.45, 7) is 5.79. The van der Waals surface area contributed by atoms with E-state index in [1.165, 1.54) is 30.2 Å². The number of halogens is 1. The van der Waals surface area contributed by atoms with Crippen molar-refractivity contribution in [2.75, 3.05) is 24.5 Å². The highest BCUT2D eigenvalue weighted by Gasteiger charge is 2.35. The maximum atomic E-state index is 14.5. The highest BCUT2D eigenvalue weighted by atomic mass is 35.5. The van der Waals surface area contributed by atoms with E-state index in [2.05, 4.69) is 5.32 Å². The van der Waals surface area contributed by atoms with E-state index >= 15 is 0 Å². The van der Waals surface area contributed by atoms with Crippen molar-refractivity contribution in [1.82, 2.24) is 10.2 Å². The zero-order valence-electron chi connectivity index (χ0n) is 26.5. The predicted octanol–water partition coefficient (Wildman–Crippen LogP) is 6.26. The molecule has 0 heterocycles. The van der Waals surface area contributed by atoms with E-state index in [0.717, 1.165) is 21.0 Å². The fourth-order valence-corrected chi connectivity index (χ4v) is 6.59. The number of hydrogen-bond donors (Lipinski definition) is 1. The van der Waals surface area contributed by atoms with Gasteiger partial charge >= 0.3 is 0 Å². The van der Waals surface area contributed by atoms with Crippen LogP contribution >= 0.6 is 11.6 Å². The lowest BCUT2D eigenvalue weighted by molar-refractivity contribution is -0.140. The van der Waals surface area contributed by atoms with Crippen LogP contribution in [0.2, 0.25) is 5.02 Å². The van der Waals surface area contributed by atoms with Gasteiger partial charge < -0.3 is 15.0 Å². The molecule has 0 aliphatic rings. The third-order valence-corrected chi connectivity index (χ3v) is 9.55. The molecule has 1 atom stereocenters. The first-order chi connectivity index (χ1) is 22.0. The summed E-state index contributed by atoms with van der Waals surface area (Å²) in [7, 11) is -2.79. The van der Waals surface area contributed by atoms with Crippen LogP contribution in [0.3, 0.4) is 0 Å². The number of methoxy groups -OCH3 is 1. The van der Waals surface area contributed by atoms with Crippen molar-refractivity contribution >= 4 is 39.1 Å². The van der Waals surface area contributed by atoms with Gasteiger partial charge in [0.05, 0.1) is 22.7 Å². The highest BCUT2D eigenvalue weighted by molar-refractivity contribution is 7.92. The number of hydrogen-bond acceptors (Lipinski definition) is 5. The molecule has 0 aliphatic heterocycles. The molecule has 0 spiro atoms. The van der Waals surface area contributed by atoms with Crippen LogP contribution in [0.4, 0.5) is 5.69 Å². The van der Waals surface area contributed by atoms with E-state index < -0.39 is 28.5 Å². The van der Waals surface area contributed by atoms with Gasteiger partial charge in [-0.05, 0) is 54.3 Å². The summed E-state index contributed by atoms with van der Waals surface area (Å²) in [4.78, 5) is 29.9. The summed E-state index contributed by atoms with van der Waals surface area (Å²) in [5.41, 5.74) is 2.73. The molecule has 0 saturated carbocycles. The molecule has 1 N–H and O–H groups in total. The Labute approximate surface area is 277 Å².